The molecule has 0 atom stereocenters. The van der Waals surface area contributed by atoms with Crippen LogP contribution in [0.15, 0.2) is 51.7 Å². The zero-order valence-corrected chi connectivity index (χ0v) is 16.8. The van der Waals surface area contributed by atoms with Gasteiger partial charge in [0.15, 0.2) is 11.5 Å². The number of methoxy groups -OCH3 is 1. The molecule has 8 nitrogen and oxygen atoms in total. The molecule has 0 aliphatic heterocycles. The summed E-state index contributed by atoms with van der Waals surface area (Å²) in [6.07, 6.45) is 2.36. The average molecular weight is 412 g/mol. The van der Waals surface area contributed by atoms with E-state index in [1.807, 2.05) is 24.4 Å². The van der Waals surface area contributed by atoms with Crippen LogP contribution in [0.4, 0.5) is 0 Å². The Bertz CT molecular complexity index is 1060. The van der Waals surface area contributed by atoms with Crippen molar-refractivity contribution < 1.29 is 14.3 Å². The number of hydrogen-bond donors (Lipinski definition) is 2. The second-order valence-corrected chi connectivity index (χ2v) is 6.87. The SMILES string of the molecule is CCCOc1ccc(/C=N/NC(=O)c2cc(-c3cccs3)[nH]c(=O)n2)cc1OC. The highest BCUT2D eigenvalue weighted by atomic mass is 32.1. The third-order valence-electron chi connectivity index (χ3n) is 3.79. The Morgan fingerprint density at radius 3 is 2.90 bits per heavy atom. The molecule has 150 valence electrons. The predicted octanol–water partition coefficient (Wildman–Crippen LogP) is 3.06. The molecule has 0 spiro atoms. The monoisotopic (exact) mass is 412 g/mol. The first kappa shape index (κ1) is 20.3. The maximum atomic E-state index is 12.3. The number of amides is 1. The number of aromatic nitrogens is 2. The quantitative estimate of drug-likeness (QED) is 0.437. The zero-order chi connectivity index (χ0) is 20.6. The number of carbonyl (C=O) groups excluding carboxylic acids is 1. The molecule has 9 heteroatoms. The van der Waals surface area contributed by atoms with Crippen molar-refractivity contribution in [2.24, 2.45) is 5.10 Å². The molecule has 0 bridgehead atoms. The minimum absolute atomic E-state index is 0.0183. The highest BCUT2D eigenvalue weighted by Gasteiger charge is 2.11. The second-order valence-electron chi connectivity index (χ2n) is 5.92. The Kier molecular flexibility index (Phi) is 6.75. The van der Waals surface area contributed by atoms with Gasteiger partial charge in [-0.2, -0.15) is 10.1 Å². The van der Waals surface area contributed by atoms with E-state index in [0.29, 0.717) is 29.4 Å². The summed E-state index contributed by atoms with van der Waals surface area (Å²) < 4.78 is 10.9. The lowest BCUT2D eigenvalue weighted by molar-refractivity contribution is 0.0949. The number of aromatic amines is 1. The van der Waals surface area contributed by atoms with Crippen LogP contribution in [0, 0.1) is 0 Å². The Morgan fingerprint density at radius 2 is 2.17 bits per heavy atom. The first-order valence-electron chi connectivity index (χ1n) is 8.90. The van der Waals surface area contributed by atoms with Crippen LogP contribution in [0.1, 0.15) is 29.4 Å². The van der Waals surface area contributed by atoms with Gasteiger partial charge in [0, 0.05) is 0 Å². The fourth-order valence-electron chi connectivity index (χ4n) is 2.46. The summed E-state index contributed by atoms with van der Waals surface area (Å²) in [6.45, 7) is 2.62. The number of hydrogen-bond acceptors (Lipinski definition) is 7. The van der Waals surface area contributed by atoms with Crippen molar-refractivity contribution in [2.75, 3.05) is 13.7 Å². The summed E-state index contributed by atoms with van der Waals surface area (Å²) in [7, 11) is 1.56. The molecule has 0 unspecified atom stereocenters. The van der Waals surface area contributed by atoms with Gasteiger partial charge in [-0.3, -0.25) is 4.79 Å². The van der Waals surface area contributed by atoms with Gasteiger partial charge in [0.2, 0.25) is 0 Å². The van der Waals surface area contributed by atoms with Gasteiger partial charge in [0.1, 0.15) is 5.69 Å². The van der Waals surface area contributed by atoms with Crippen molar-refractivity contribution in [2.45, 2.75) is 13.3 Å². The molecule has 3 rings (SSSR count). The van der Waals surface area contributed by atoms with Crippen molar-refractivity contribution in [1.82, 2.24) is 15.4 Å². The van der Waals surface area contributed by atoms with Crippen LogP contribution in [-0.4, -0.2) is 35.8 Å². The van der Waals surface area contributed by atoms with Crippen LogP contribution < -0.4 is 20.6 Å². The fourth-order valence-corrected chi connectivity index (χ4v) is 3.15. The molecule has 0 saturated carbocycles. The van der Waals surface area contributed by atoms with Gasteiger partial charge in [-0.15, -0.1) is 11.3 Å². The molecule has 0 aliphatic rings. The Hall–Kier alpha value is -3.46. The molecular weight excluding hydrogens is 392 g/mol. The molecule has 0 aliphatic carbocycles. The predicted molar refractivity (Wildman–Crippen MR) is 112 cm³/mol. The minimum Gasteiger partial charge on any atom is -0.493 e. The van der Waals surface area contributed by atoms with E-state index >= 15 is 0 Å². The third kappa shape index (κ3) is 5.29. The summed E-state index contributed by atoms with van der Waals surface area (Å²) in [5, 5.41) is 5.82. The molecule has 0 saturated heterocycles. The number of benzene rings is 1. The molecule has 2 aromatic heterocycles. The lowest BCUT2D eigenvalue weighted by atomic mass is 10.2. The van der Waals surface area contributed by atoms with Crippen LogP contribution in [0.25, 0.3) is 10.6 Å². The van der Waals surface area contributed by atoms with Crippen molar-refractivity contribution in [3.8, 4) is 22.1 Å². The Morgan fingerprint density at radius 1 is 1.31 bits per heavy atom. The first-order chi connectivity index (χ1) is 14.1. The molecule has 1 amide bonds. The van der Waals surface area contributed by atoms with E-state index in [1.165, 1.54) is 23.6 Å². The van der Waals surface area contributed by atoms with Gasteiger partial charge in [0.05, 0.1) is 30.5 Å². The standard InChI is InChI=1S/C20H20N4O4S/c1-3-8-28-16-7-6-13(10-17(16)27-2)12-21-24-19(25)15-11-14(22-20(26)23-15)18-5-4-9-29-18/h4-7,9-12H,3,8H2,1-2H3,(H,24,25)(H,22,23,26)/b21-12+. The van der Waals surface area contributed by atoms with Gasteiger partial charge in [0.25, 0.3) is 5.91 Å². The molecule has 2 heterocycles. The Labute approximate surface area is 171 Å². The molecule has 0 radical (unpaired) electrons. The van der Waals surface area contributed by atoms with E-state index in [4.69, 9.17) is 9.47 Å². The minimum atomic E-state index is -0.600. The molecule has 0 fully saturated rings. The number of nitrogens with zero attached hydrogens (tertiary/aromatic N) is 2. The molecule has 29 heavy (non-hydrogen) atoms. The van der Waals surface area contributed by atoms with Crippen LogP contribution in [0.2, 0.25) is 0 Å². The maximum absolute atomic E-state index is 12.3. The van der Waals surface area contributed by atoms with Crippen LogP contribution in [-0.2, 0) is 0 Å². The third-order valence-corrected chi connectivity index (χ3v) is 4.70. The summed E-state index contributed by atoms with van der Waals surface area (Å²) in [5.74, 6) is 0.634. The van der Waals surface area contributed by atoms with Crippen molar-refractivity contribution in [1.29, 1.82) is 0 Å². The summed E-state index contributed by atoms with van der Waals surface area (Å²) in [4.78, 5) is 31.3. The zero-order valence-electron chi connectivity index (χ0n) is 16.0. The van der Waals surface area contributed by atoms with E-state index < -0.39 is 11.6 Å². The van der Waals surface area contributed by atoms with Gasteiger partial charge in [-0.1, -0.05) is 13.0 Å². The Balaban J connectivity index is 1.71. The maximum Gasteiger partial charge on any atom is 0.346 e. The van der Waals surface area contributed by atoms with Crippen molar-refractivity contribution in [3.05, 3.63) is 63.5 Å². The highest BCUT2D eigenvalue weighted by molar-refractivity contribution is 7.13. The number of H-pyrrole nitrogens is 1. The fraction of sp³-hybridized carbons (Fsp3) is 0.200. The van der Waals surface area contributed by atoms with E-state index in [-0.39, 0.29) is 5.69 Å². The van der Waals surface area contributed by atoms with E-state index in [1.54, 1.807) is 25.3 Å². The molecule has 3 aromatic rings. The first-order valence-corrected chi connectivity index (χ1v) is 9.78. The average Bonchev–Trinajstić information content (AvgIpc) is 3.27. The molecule has 1 aromatic carbocycles. The highest BCUT2D eigenvalue weighted by Crippen LogP contribution is 2.27. The number of nitrogens with one attached hydrogen (secondary N) is 2. The number of carbonyl (C=O) groups is 1. The van der Waals surface area contributed by atoms with E-state index in [2.05, 4.69) is 20.5 Å². The normalized spacial score (nSPS) is 10.8. The van der Waals surface area contributed by atoms with E-state index in [0.717, 1.165) is 11.3 Å². The van der Waals surface area contributed by atoms with Crippen LogP contribution in [0.5, 0.6) is 11.5 Å². The van der Waals surface area contributed by atoms with Crippen LogP contribution >= 0.6 is 11.3 Å². The summed E-state index contributed by atoms with van der Waals surface area (Å²) in [5.41, 5.74) is 3.00. The lowest BCUT2D eigenvalue weighted by Gasteiger charge is -2.10. The number of thiophene rings is 1. The van der Waals surface area contributed by atoms with Gasteiger partial charge >= 0.3 is 5.69 Å². The van der Waals surface area contributed by atoms with Crippen molar-refractivity contribution in [3.63, 3.8) is 0 Å². The number of ether oxygens (including phenoxy) is 2. The van der Waals surface area contributed by atoms with Crippen molar-refractivity contribution >= 4 is 23.5 Å². The number of hydrazone groups is 1. The summed E-state index contributed by atoms with van der Waals surface area (Å²) in [6, 6.07) is 10.5. The lowest BCUT2D eigenvalue weighted by Crippen LogP contribution is -2.24. The van der Waals surface area contributed by atoms with Gasteiger partial charge in [-0.25, -0.2) is 10.2 Å². The molecule has 2 N–H and O–H groups in total. The van der Waals surface area contributed by atoms with E-state index in [9.17, 15) is 9.59 Å². The van der Waals surface area contributed by atoms with Crippen LogP contribution in [0.3, 0.4) is 0 Å². The molecular formula is C20H20N4O4S. The van der Waals surface area contributed by atoms with Gasteiger partial charge in [-0.05, 0) is 47.7 Å². The summed E-state index contributed by atoms with van der Waals surface area (Å²) >= 11 is 1.45. The largest absolute Gasteiger partial charge is 0.493 e. The number of rotatable bonds is 8. The second kappa shape index (κ2) is 9.65. The topological polar surface area (TPSA) is 106 Å². The van der Waals surface area contributed by atoms with Gasteiger partial charge < -0.3 is 14.5 Å². The smallest absolute Gasteiger partial charge is 0.346 e.